The summed E-state index contributed by atoms with van der Waals surface area (Å²) in [5.74, 6) is -0.322. The number of para-hydroxylation sites is 1. The van der Waals surface area contributed by atoms with Gasteiger partial charge in [-0.1, -0.05) is 59.7 Å². The number of hydrogen-bond donors (Lipinski definition) is 0. The maximum atomic E-state index is 11.6. The SMILES string of the molecule is CC.CC.CC.COC(=O)c1ccc(C)n1-c1ccccc1. The minimum atomic E-state index is -0.322. The molecule has 0 spiro atoms. The lowest BCUT2D eigenvalue weighted by molar-refractivity contribution is 0.0591. The predicted octanol–water partition coefficient (Wildman–Crippen LogP) is 5.65. The van der Waals surface area contributed by atoms with Crippen LogP contribution in [0, 0.1) is 6.92 Å². The average Bonchev–Trinajstić information content (AvgIpc) is 3.02. The molecule has 3 heteroatoms. The summed E-state index contributed by atoms with van der Waals surface area (Å²) in [6.45, 7) is 14.0. The number of carbonyl (C=O) groups excluding carboxylic acids is 1. The van der Waals surface area contributed by atoms with Gasteiger partial charge in [-0.2, -0.15) is 0 Å². The Morgan fingerprint density at radius 2 is 1.36 bits per heavy atom. The Labute approximate surface area is 135 Å². The molecule has 22 heavy (non-hydrogen) atoms. The zero-order valence-corrected chi connectivity index (χ0v) is 15.3. The lowest BCUT2D eigenvalue weighted by Crippen LogP contribution is -2.09. The molecule has 0 aliphatic rings. The van der Waals surface area contributed by atoms with Gasteiger partial charge < -0.3 is 9.30 Å². The first-order valence-electron chi connectivity index (χ1n) is 8.06. The summed E-state index contributed by atoms with van der Waals surface area (Å²) < 4.78 is 6.63. The molecule has 0 N–H and O–H groups in total. The molecular weight excluding hydrogens is 274 g/mol. The van der Waals surface area contributed by atoms with E-state index < -0.39 is 0 Å². The maximum absolute atomic E-state index is 11.6. The van der Waals surface area contributed by atoms with Gasteiger partial charge in [-0.05, 0) is 31.2 Å². The second-order valence-corrected chi connectivity index (χ2v) is 3.52. The molecule has 0 atom stereocenters. The topological polar surface area (TPSA) is 31.2 Å². The van der Waals surface area contributed by atoms with Crippen LogP contribution < -0.4 is 0 Å². The molecule has 0 saturated carbocycles. The molecule has 0 radical (unpaired) electrons. The predicted molar refractivity (Wildman–Crippen MR) is 95.9 cm³/mol. The van der Waals surface area contributed by atoms with Gasteiger partial charge in [0.1, 0.15) is 5.69 Å². The Morgan fingerprint density at radius 1 is 0.864 bits per heavy atom. The average molecular weight is 305 g/mol. The minimum absolute atomic E-state index is 0.322. The van der Waals surface area contributed by atoms with Crippen molar-refractivity contribution >= 4 is 5.97 Å². The van der Waals surface area contributed by atoms with Crippen LogP contribution in [-0.2, 0) is 4.74 Å². The molecule has 0 bridgehead atoms. The van der Waals surface area contributed by atoms with Crippen LogP contribution in [0.3, 0.4) is 0 Å². The Balaban J connectivity index is 0. The molecule has 2 rings (SSSR count). The first-order valence-corrected chi connectivity index (χ1v) is 8.06. The summed E-state index contributed by atoms with van der Waals surface area (Å²) in [6.07, 6.45) is 0. The van der Waals surface area contributed by atoms with E-state index in [1.54, 1.807) is 6.07 Å². The van der Waals surface area contributed by atoms with E-state index in [1.165, 1.54) is 7.11 Å². The van der Waals surface area contributed by atoms with Gasteiger partial charge in [0.25, 0.3) is 0 Å². The molecule has 0 fully saturated rings. The van der Waals surface area contributed by atoms with Crippen molar-refractivity contribution in [1.29, 1.82) is 0 Å². The van der Waals surface area contributed by atoms with Crippen LogP contribution in [0.5, 0.6) is 0 Å². The highest BCUT2D eigenvalue weighted by Gasteiger charge is 2.14. The third-order valence-electron chi connectivity index (χ3n) is 2.48. The fraction of sp³-hybridized carbons (Fsp3) is 0.421. The summed E-state index contributed by atoms with van der Waals surface area (Å²) in [5, 5.41) is 0. The molecule has 1 aromatic heterocycles. The number of aryl methyl sites for hydroxylation is 1. The van der Waals surface area contributed by atoms with Crippen molar-refractivity contribution in [1.82, 2.24) is 4.57 Å². The molecular formula is C19H31NO2. The molecule has 3 nitrogen and oxygen atoms in total. The second kappa shape index (κ2) is 13.9. The van der Waals surface area contributed by atoms with Crippen LogP contribution in [0.1, 0.15) is 57.7 Å². The molecule has 0 unspecified atom stereocenters. The number of nitrogens with zero attached hydrogens (tertiary/aromatic N) is 1. The number of benzene rings is 1. The standard InChI is InChI=1S/C13H13NO2.3C2H6/c1-10-8-9-12(13(15)16-2)14(10)11-6-4-3-5-7-11;3*1-2/h3-9H,1-2H3;3*1-2H3. The summed E-state index contributed by atoms with van der Waals surface area (Å²) in [5.41, 5.74) is 2.52. The molecule has 124 valence electrons. The Hall–Kier alpha value is -2.03. The number of ether oxygens (including phenoxy) is 1. The van der Waals surface area contributed by atoms with Crippen LogP contribution in [0.4, 0.5) is 0 Å². The summed E-state index contributed by atoms with van der Waals surface area (Å²) in [7, 11) is 1.39. The minimum Gasteiger partial charge on any atom is -0.464 e. The van der Waals surface area contributed by atoms with E-state index in [-0.39, 0.29) is 5.97 Å². The molecule has 1 aromatic carbocycles. The lowest BCUT2D eigenvalue weighted by atomic mass is 10.3. The van der Waals surface area contributed by atoms with Crippen molar-refractivity contribution in [2.45, 2.75) is 48.5 Å². The van der Waals surface area contributed by atoms with E-state index in [2.05, 4.69) is 0 Å². The van der Waals surface area contributed by atoms with E-state index >= 15 is 0 Å². The molecule has 0 aliphatic carbocycles. The van der Waals surface area contributed by atoms with Crippen molar-refractivity contribution in [2.75, 3.05) is 7.11 Å². The van der Waals surface area contributed by atoms with Gasteiger partial charge in [-0.3, -0.25) is 0 Å². The summed E-state index contributed by atoms with van der Waals surface area (Å²) >= 11 is 0. The largest absolute Gasteiger partial charge is 0.464 e. The molecule has 1 heterocycles. The van der Waals surface area contributed by atoms with Crippen molar-refractivity contribution in [2.24, 2.45) is 0 Å². The highest BCUT2D eigenvalue weighted by atomic mass is 16.5. The molecule has 2 aromatic rings. The van der Waals surface area contributed by atoms with Gasteiger partial charge in [0, 0.05) is 11.4 Å². The van der Waals surface area contributed by atoms with Crippen molar-refractivity contribution < 1.29 is 9.53 Å². The van der Waals surface area contributed by atoms with Gasteiger partial charge in [0.05, 0.1) is 7.11 Å². The fourth-order valence-corrected chi connectivity index (χ4v) is 1.72. The molecule has 0 saturated heterocycles. The van der Waals surface area contributed by atoms with Crippen LogP contribution in [-0.4, -0.2) is 17.6 Å². The van der Waals surface area contributed by atoms with Crippen LogP contribution >= 0.6 is 0 Å². The van der Waals surface area contributed by atoms with E-state index in [0.29, 0.717) is 5.69 Å². The van der Waals surface area contributed by atoms with Crippen molar-refractivity contribution in [3.8, 4) is 5.69 Å². The van der Waals surface area contributed by atoms with Crippen molar-refractivity contribution in [3.05, 3.63) is 53.9 Å². The highest BCUT2D eigenvalue weighted by molar-refractivity contribution is 5.88. The zero-order valence-electron chi connectivity index (χ0n) is 15.3. The first kappa shape index (κ1) is 22.3. The van der Waals surface area contributed by atoms with Gasteiger partial charge >= 0.3 is 5.97 Å². The number of hydrogen-bond acceptors (Lipinski definition) is 2. The van der Waals surface area contributed by atoms with Gasteiger partial charge in [0.15, 0.2) is 0 Å². The third-order valence-corrected chi connectivity index (χ3v) is 2.48. The molecule has 0 amide bonds. The van der Waals surface area contributed by atoms with Crippen LogP contribution in [0.2, 0.25) is 0 Å². The highest BCUT2D eigenvalue weighted by Crippen LogP contribution is 2.17. The van der Waals surface area contributed by atoms with E-state index in [1.807, 2.05) is 89.4 Å². The first-order chi connectivity index (χ1) is 10.7. The van der Waals surface area contributed by atoms with Crippen LogP contribution in [0.15, 0.2) is 42.5 Å². The van der Waals surface area contributed by atoms with Gasteiger partial charge in [-0.25, -0.2) is 4.79 Å². The second-order valence-electron chi connectivity index (χ2n) is 3.52. The number of esters is 1. The van der Waals surface area contributed by atoms with Gasteiger partial charge in [0.2, 0.25) is 0 Å². The fourth-order valence-electron chi connectivity index (χ4n) is 1.72. The number of carbonyl (C=O) groups is 1. The third kappa shape index (κ3) is 6.17. The normalized spacial score (nSPS) is 8.18. The number of rotatable bonds is 2. The van der Waals surface area contributed by atoms with E-state index in [0.717, 1.165) is 11.4 Å². The zero-order chi connectivity index (χ0) is 17.5. The molecule has 0 aliphatic heterocycles. The smallest absolute Gasteiger partial charge is 0.355 e. The summed E-state index contributed by atoms with van der Waals surface area (Å²) in [6, 6.07) is 13.4. The van der Waals surface area contributed by atoms with E-state index in [9.17, 15) is 4.79 Å². The monoisotopic (exact) mass is 305 g/mol. The Bertz CT molecular complexity index is 501. The lowest BCUT2D eigenvalue weighted by Gasteiger charge is -2.09. The number of methoxy groups -OCH3 is 1. The summed E-state index contributed by atoms with van der Waals surface area (Å²) in [4.78, 5) is 11.6. The van der Waals surface area contributed by atoms with Gasteiger partial charge in [-0.15, -0.1) is 0 Å². The van der Waals surface area contributed by atoms with Crippen molar-refractivity contribution in [3.63, 3.8) is 0 Å². The Morgan fingerprint density at radius 3 is 1.82 bits per heavy atom. The quantitative estimate of drug-likeness (QED) is 0.671. The number of aromatic nitrogens is 1. The van der Waals surface area contributed by atoms with E-state index in [4.69, 9.17) is 4.74 Å². The Kier molecular flexibility index (Phi) is 14.1. The maximum Gasteiger partial charge on any atom is 0.355 e. The van der Waals surface area contributed by atoms with Crippen LogP contribution in [0.25, 0.3) is 5.69 Å².